The predicted molar refractivity (Wildman–Crippen MR) is 131 cm³/mol. The highest BCUT2D eigenvalue weighted by molar-refractivity contribution is 7.14. The number of aliphatic imine (C=N–C) groups is 1. The van der Waals surface area contributed by atoms with Gasteiger partial charge in [0, 0.05) is 17.3 Å². The summed E-state index contributed by atoms with van der Waals surface area (Å²) in [4.78, 5) is 37.2. The van der Waals surface area contributed by atoms with Gasteiger partial charge in [-0.2, -0.15) is 0 Å². The molecule has 1 saturated carbocycles. The standard InChI is InChI=1S/C26H36N2O4S/c1-7-20-27-24(32-28-20)16(3)21(22(29)17-10-8-15(2)9-11-17)19-14-18(12-13-26(4,5)6)33-23(19)25(30)31/h14-17,20-21,28H,7-11H2,1-6H3,(H,30,31)/t15-,16?,17-,20?,21?. The average molecular weight is 473 g/mol. The molecule has 0 aromatic carbocycles. The third-order valence-electron chi connectivity index (χ3n) is 6.43. The average Bonchev–Trinajstić information content (AvgIpc) is 3.40. The largest absolute Gasteiger partial charge is 0.477 e. The highest BCUT2D eigenvalue weighted by Gasteiger charge is 2.40. The maximum atomic E-state index is 13.9. The van der Waals surface area contributed by atoms with Crippen molar-refractivity contribution in [2.24, 2.45) is 28.2 Å². The maximum Gasteiger partial charge on any atom is 0.346 e. The fourth-order valence-electron chi connectivity index (χ4n) is 4.44. The Balaban J connectivity index is 2.04. The lowest BCUT2D eigenvalue weighted by molar-refractivity contribution is -0.126. The number of carbonyl (C=O) groups excluding carboxylic acids is 1. The minimum atomic E-state index is -1.03. The zero-order valence-corrected chi connectivity index (χ0v) is 21.3. The molecule has 1 aliphatic heterocycles. The molecule has 1 aromatic heterocycles. The number of carboxylic acid groups (broad SMARTS) is 1. The Kier molecular flexibility index (Phi) is 8.02. The zero-order chi connectivity index (χ0) is 24.3. The van der Waals surface area contributed by atoms with E-state index in [1.807, 2.05) is 34.6 Å². The summed E-state index contributed by atoms with van der Waals surface area (Å²) in [5.74, 6) is 5.37. The fourth-order valence-corrected chi connectivity index (χ4v) is 5.34. The van der Waals surface area contributed by atoms with E-state index in [0.29, 0.717) is 22.3 Å². The molecule has 6 nitrogen and oxygen atoms in total. The molecule has 0 bridgehead atoms. The van der Waals surface area contributed by atoms with Gasteiger partial charge < -0.3 is 9.94 Å². The fraction of sp³-hybridized carbons (Fsp3) is 0.654. The Bertz CT molecular complexity index is 971. The van der Waals surface area contributed by atoms with E-state index in [1.165, 1.54) is 0 Å². The monoisotopic (exact) mass is 472 g/mol. The van der Waals surface area contributed by atoms with Crippen molar-refractivity contribution in [2.75, 3.05) is 0 Å². The number of rotatable bonds is 7. The summed E-state index contributed by atoms with van der Waals surface area (Å²) in [6, 6.07) is 1.80. The topological polar surface area (TPSA) is 88.0 Å². The molecule has 3 unspecified atom stereocenters. The van der Waals surface area contributed by atoms with E-state index < -0.39 is 11.9 Å². The molecule has 0 saturated heterocycles. The number of ketones is 1. The Hall–Kier alpha value is -2.17. The van der Waals surface area contributed by atoms with Crippen molar-refractivity contribution in [1.82, 2.24) is 5.48 Å². The lowest BCUT2D eigenvalue weighted by Crippen LogP contribution is -2.33. The van der Waals surface area contributed by atoms with Crippen LogP contribution in [0.1, 0.15) is 99.7 Å². The summed E-state index contributed by atoms with van der Waals surface area (Å²) in [6.45, 7) is 12.2. The third kappa shape index (κ3) is 6.24. The van der Waals surface area contributed by atoms with Crippen LogP contribution < -0.4 is 5.48 Å². The molecule has 33 heavy (non-hydrogen) atoms. The van der Waals surface area contributed by atoms with Crippen LogP contribution in [0.4, 0.5) is 0 Å². The van der Waals surface area contributed by atoms with Gasteiger partial charge in [0.05, 0.1) is 10.8 Å². The second-order valence-electron chi connectivity index (χ2n) is 10.4. The molecule has 7 heteroatoms. The summed E-state index contributed by atoms with van der Waals surface area (Å²) in [6.07, 6.45) is 4.34. The van der Waals surface area contributed by atoms with Crippen LogP contribution in [0.2, 0.25) is 0 Å². The van der Waals surface area contributed by atoms with Crippen LogP contribution in [0, 0.1) is 35.0 Å². The van der Waals surface area contributed by atoms with Crippen LogP contribution in [0.5, 0.6) is 0 Å². The van der Waals surface area contributed by atoms with Crippen molar-refractivity contribution in [3.63, 3.8) is 0 Å². The van der Waals surface area contributed by atoms with Crippen molar-refractivity contribution in [1.29, 1.82) is 0 Å². The van der Waals surface area contributed by atoms with Crippen molar-refractivity contribution in [2.45, 2.75) is 85.7 Å². The molecule has 0 amide bonds. The van der Waals surface area contributed by atoms with Gasteiger partial charge in [-0.3, -0.25) is 4.79 Å². The molecule has 180 valence electrons. The molecule has 0 spiro atoms. The van der Waals surface area contributed by atoms with Gasteiger partial charge in [0.2, 0.25) is 5.90 Å². The molecule has 3 rings (SSSR count). The number of thiophene rings is 1. The van der Waals surface area contributed by atoms with Gasteiger partial charge in [0.1, 0.15) is 16.8 Å². The number of hydrogen-bond acceptors (Lipinski definition) is 6. The number of hydrogen-bond donors (Lipinski definition) is 2. The second kappa shape index (κ2) is 10.4. The predicted octanol–water partition coefficient (Wildman–Crippen LogP) is 5.63. The van der Waals surface area contributed by atoms with E-state index in [1.54, 1.807) is 6.07 Å². The van der Waals surface area contributed by atoms with E-state index in [2.05, 4.69) is 29.2 Å². The van der Waals surface area contributed by atoms with Crippen LogP contribution in [0.15, 0.2) is 11.1 Å². The van der Waals surface area contributed by atoms with E-state index in [-0.39, 0.29) is 34.1 Å². The minimum Gasteiger partial charge on any atom is -0.477 e. The molecular weight excluding hydrogens is 436 g/mol. The summed E-state index contributed by atoms with van der Waals surface area (Å²) >= 11 is 1.14. The Labute approximate surface area is 201 Å². The summed E-state index contributed by atoms with van der Waals surface area (Å²) in [5, 5.41) is 9.99. The molecule has 1 aliphatic carbocycles. The number of nitrogens with zero attached hydrogens (tertiary/aromatic N) is 1. The summed E-state index contributed by atoms with van der Waals surface area (Å²) < 4.78 is 0. The number of hydroxylamine groups is 1. The number of carbonyl (C=O) groups is 2. The van der Waals surface area contributed by atoms with Crippen LogP contribution in [-0.4, -0.2) is 28.9 Å². The first kappa shape index (κ1) is 25.5. The van der Waals surface area contributed by atoms with Crippen LogP contribution in [-0.2, 0) is 9.63 Å². The van der Waals surface area contributed by atoms with Gasteiger partial charge >= 0.3 is 5.97 Å². The zero-order valence-electron chi connectivity index (χ0n) is 20.5. The lowest BCUT2D eigenvalue weighted by Gasteiger charge is -2.30. The molecule has 2 aliphatic rings. The molecule has 1 aromatic rings. The van der Waals surface area contributed by atoms with Crippen molar-refractivity contribution in [3.05, 3.63) is 21.4 Å². The first-order chi connectivity index (χ1) is 15.5. The molecular formula is C26H36N2O4S. The highest BCUT2D eigenvalue weighted by Crippen LogP contribution is 2.40. The number of aromatic carboxylic acids is 1. The van der Waals surface area contributed by atoms with Crippen LogP contribution in [0.25, 0.3) is 0 Å². The van der Waals surface area contributed by atoms with E-state index in [0.717, 1.165) is 43.4 Å². The molecule has 1 fully saturated rings. The van der Waals surface area contributed by atoms with Crippen molar-refractivity contribution in [3.8, 4) is 11.8 Å². The number of carboxylic acids is 1. The first-order valence-electron chi connectivity index (χ1n) is 11.9. The van der Waals surface area contributed by atoms with Crippen LogP contribution >= 0.6 is 11.3 Å². The molecule has 2 N–H and O–H groups in total. The third-order valence-corrected chi connectivity index (χ3v) is 7.49. The molecule has 3 atom stereocenters. The van der Waals surface area contributed by atoms with E-state index in [4.69, 9.17) is 4.84 Å². The van der Waals surface area contributed by atoms with Gasteiger partial charge in [-0.15, -0.1) is 16.8 Å². The van der Waals surface area contributed by atoms with E-state index >= 15 is 0 Å². The first-order valence-corrected chi connectivity index (χ1v) is 12.8. The Morgan fingerprint density at radius 3 is 2.52 bits per heavy atom. The number of nitrogens with one attached hydrogen (secondary N) is 1. The molecule has 0 radical (unpaired) electrons. The molecule has 2 heterocycles. The van der Waals surface area contributed by atoms with Gasteiger partial charge in [-0.25, -0.2) is 9.79 Å². The summed E-state index contributed by atoms with van der Waals surface area (Å²) in [5.41, 5.74) is 3.23. The van der Waals surface area contributed by atoms with Gasteiger partial charge in [0.25, 0.3) is 0 Å². The lowest BCUT2D eigenvalue weighted by atomic mass is 9.73. The summed E-state index contributed by atoms with van der Waals surface area (Å²) in [7, 11) is 0. The van der Waals surface area contributed by atoms with Crippen molar-refractivity contribution >= 4 is 29.0 Å². The highest BCUT2D eigenvalue weighted by atomic mass is 32.1. The second-order valence-corrected chi connectivity index (χ2v) is 11.5. The maximum absolute atomic E-state index is 13.9. The van der Waals surface area contributed by atoms with Gasteiger partial charge in [-0.05, 0) is 57.6 Å². The van der Waals surface area contributed by atoms with Gasteiger partial charge in [0.15, 0.2) is 0 Å². The van der Waals surface area contributed by atoms with Crippen LogP contribution in [0.3, 0.4) is 0 Å². The SMILES string of the molecule is CCC1N=C(C(C)C(c2cc(C#CC(C)(C)C)sc2C(=O)O)C(=O)[C@H]2CC[C@H](C)CC2)ON1. The van der Waals surface area contributed by atoms with Gasteiger partial charge in [-0.1, -0.05) is 45.5 Å². The normalized spacial score (nSPS) is 24.8. The number of Topliss-reactive ketones (excluding diaryl/α,β-unsaturated/α-hetero) is 1. The smallest absolute Gasteiger partial charge is 0.346 e. The minimum absolute atomic E-state index is 0.0729. The van der Waals surface area contributed by atoms with E-state index in [9.17, 15) is 14.7 Å². The van der Waals surface area contributed by atoms with Crippen molar-refractivity contribution < 1.29 is 19.5 Å². The Morgan fingerprint density at radius 1 is 1.30 bits per heavy atom. The Morgan fingerprint density at radius 2 is 1.97 bits per heavy atom. The quantitative estimate of drug-likeness (QED) is 0.502.